The first kappa shape index (κ1) is 9.58. The number of aryl methyl sites for hydroxylation is 1. The van der Waals surface area contributed by atoms with E-state index in [-0.39, 0.29) is 0 Å². The van der Waals surface area contributed by atoms with Gasteiger partial charge in [-0.15, -0.1) is 0 Å². The van der Waals surface area contributed by atoms with Gasteiger partial charge in [-0.05, 0) is 35.0 Å². The van der Waals surface area contributed by atoms with Gasteiger partial charge in [-0.25, -0.2) is 5.21 Å². The van der Waals surface area contributed by atoms with Gasteiger partial charge < -0.3 is 0 Å². The number of pyridine rings is 1. The van der Waals surface area contributed by atoms with Gasteiger partial charge >= 0.3 is 0 Å². The van der Waals surface area contributed by atoms with Crippen molar-refractivity contribution in [2.24, 2.45) is 0 Å². The number of halogens is 1. The Morgan fingerprint density at radius 2 is 2.21 bits per heavy atom. The van der Waals surface area contributed by atoms with E-state index in [1.54, 1.807) is 0 Å². The molecule has 0 amide bonds. The molecule has 3 nitrogen and oxygen atoms in total. The van der Waals surface area contributed by atoms with E-state index in [1.807, 2.05) is 31.2 Å². The molecule has 0 bridgehead atoms. The van der Waals surface area contributed by atoms with E-state index < -0.39 is 0 Å². The fraction of sp³-hybridized carbons (Fsp3) is 0.100. The molecular weight excluding hydrogens is 244 g/mol. The Kier molecular flexibility index (Phi) is 2.50. The summed E-state index contributed by atoms with van der Waals surface area (Å²) in [7, 11) is 0. The second kappa shape index (κ2) is 3.65. The van der Waals surface area contributed by atoms with E-state index in [1.165, 1.54) is 0 Å². The third-order valence-corrected chi connectivity index (χ3v) is 2.96. The summed E-state index contributed by atoms with van der Waals surface area (Å²) in [6, 6.07) is 7.64. The van der Waals surface area contributed by atoms with Gasteiger partial charge in [0.2, 0.25) is 0 Å². The maximum Gasteiger partial charge on any atom is 0.171 e. The summed E-state index contributed by atoms with van der Waals surface area (Å²) in [5, 5.41) is 9.98. The Hall–Kier alpha value is -0.970. The highest BCUT2D eigenvalue weighted by molar-refractivity contribution is 9.10. The van der Waals surface area contributed by atoms with Crippen LogP contribution in [0.5, 0.6) is 0 Å². The summed E-state index contributed by atoms with van der Waals surface area (Å²) < 4.78 is 0.958. The molecule has 1 aromatic heterocycles. The molecule has 2 rings (SSSR count). The third-order valence-electron chi connectivity index (χ3n) is 2.16. The van der Waals surface area contributed by atoms with Gasteiger partial charge in [0.15, 0.2) is 5.69 Å². The smallest absolute Gasteiger partial charge is 0.171 e. The molecule has 4 heteroatoms. The standard InChI is InChI=1S/C10H9BrN2O/c1-6-8(11)5-7-9(12-6)3-2-4-10(7)13-14/h2-5,13-14H,1H3/p+1. The molecule has 0 saturated heterocycles. The molecular formula is C10H10BrN2O+. The fourth-order valence-electron chi connectivity index (χ4n) is 1.40. The maximum absolute atomic E-state index is 9.03. The molecule has 0 saturated carbocycles. The minimum absolute atomic E-state index is 0.788. The Labute approximate surface area is 89.9 Å². The summed E-state index contributed by atoms with van der Waals surface area (Å²) in [5.41, 5.74) is 3.74. The highest BCUT2D eigenvalue weighted by Gasteiger charge is 2.06. The van der Waals surface area contributed by atoms with Crippen molar-refractivity contribution >= 4 is 32.5 Å². The van der Waals surface area contributed by atoms with Gasteiger partial charge in [-0.1, -0.05) is 6.07 Å². The lowest BCUT2D eigenvalue weighted by molar-refractivity contribution is -0.824. The van der Waals surface area contributed by atoms with Crippen LogP contribution in [0.1, 0.15) is 5.69 Å². The van der Waals surface area contributed by atoms with Crippen LogP contribution in [0, 0.1) is 6.92 Å². The topological polar surface area (TPSA) is 49.7 Å². The van der Waals surface area contributed by atoms with Crippen molar-refractivity contribution in [2.75, 3.05) is 0 Å². The van der Waals surface area contributed by atoms with Crippen molar-refractivity contribution in [3.8, 4) is 0 Å². The van der Waals surface area contributed by atoms with Crippen molar-refractivity contribution in [3.05, 3.63) is 34.4 Å². The van der Waals surface area contributed by atoms with Crippen LogP contribution in [0.4, 0.5) is 5.69 Å². The van der Waals surface area contributed by atoms with Gasteiger partial charge in [0.05, 0.1) is 16.6 Å². The predicted molar refractivity (Wildman–Crippen MR) is 57.6 cm³/mol. The van der Waals surface area contributed by atoms with E-state index in [2.05, 4.69) is 20.9 Å². The van der Waals surface area contributed by atoms with Gasteiger partial charge in [0.1, 0.15) is 0 Å². The highest BCUT2D eigenvalue weighted by Crippen LogP contribution is 2.24. The number of rotatable bonds is 1. The van der Waals surface area contributed by atoms with Crippen molar-refractivity contribution in [1.82, 2.24) is 4.98 Å². The zero-order valence-electron chi connectivity index (χ0n) is 7.66. The van der Waals surface area contributed by atoms with Crippen molar-refractivity contribution in [2.45, 2.75) is 6.92 Å². The Morgan fingerprint density at radius 1 is 1.43 bits per heavy atom. The highest BCUT2D eigenvalue weighted by atomic mass is 79.9. The number of nitrogens with zero attached hydrogens (tertiary/aromatic N) is 1. The summed E-state index contributed by atoms with van der Waals surface area (Å²) in [4.78, 5) is 4.41. The number of hydrogen-bond acceptors (Lipinski definition) is 2. The molecule has 1 heterocycles. The number of nitrogens with two attached hydrogens (primary N) is 1. The molecule has 0 radical (unpaired) electrons. The van der Waals surface area contributed by atoms with Gasteiger partial charge in [-0.2, -0.15) is 5.48 Å². The molecule has 14 heavy (non-hydrogen) atoms. The van der Waals surface area contributed by atoms with E-state index in [4.69, 9.17) is 5.21 Å². The van der Waals surface area contributed by atoms with Gasteiger partial charge in [-0.3, -0.25) is 4.98 Å². The minimum Gasteiger partial charge on any atom is -0.252 e. The quantitative estimate of drug-likeness (QED) is 0.603. The summed E-state index contributed by atoms with van der Waals surface area (Å²) >= 11 is 3.42. The average Bonchev–Trinajstić information content (AvgIpc) is 2.19. The van der Waals surface area contributed by atoms with Crippen LogP contribution in [0.15, 0.2) is 28.7 Å². The van der Waals surface area contributed by atoms with Crippen LogP contribution in [-0.4, -0.2) is 10.2 Å². The Morgan fingerprint density at radius 3 is 2.93 bits per heavy atom. The molecule has 0 aliphatic carbocycles. The molecule has 0 fully saturated rings. The normalized spacial score (nSPS) is 10.8. The molecule has 2 aromatic rings. The summed E-state index contributed by atoms with van der Waals surface area (Å²) in [6.45, 7) is 1.94. The molecule has 0 atom stereocenters. The van der Waals surface area contributed by atoms with Crippen molar-refractivity contribution < 1.29 is 10.7 Å². The maximum atomic E-state index is 9.03. The monoisotopic (exact) mass is 253 g/mol. The van der Waals surface area contributed by atoms with Crippen LogP contribution >= 0.6 is 15.9 Å². The number of quaternary nitrogens is 1. The summed E-state index contributed by atoms with van der Waals surface area (Å²) in [5.74, 6) is 0. The van der Waals surface area contributed by atoms with Crippen LogP contribution in [0.2, 0.25) is 0 Å². The molecule has 0 spiro atoms. The fourth-order valence-corrected chi connectivity index (χ4v) is 1.72. The lowest BCUT2D eigenvalue weighted by Crippen LogP contribution is -2.73. The number of aromatic nitrogens is 1. The second-order valence-corrected chi connectivity index (χ2v) is 3.95. The molecule has 3 N–H and O–H groups in total. The zero-order chi connectivity index (χ0) is 10.1. The molecule has 0 aliphatic heterocycles. The Bertz CT molecular complexity index is 485. The number of benzene rings is 1. The molecule has 72 valence electrons. The van der Waals surface area contributed by atoms with E-state index in [0.717, 1.165) is 32.2 Å². The first-order chi connectivity index (χ1) is 6.72. The first-order valence-electron chi connectivity index (χ1n) is 4.25. The van der Waals surface area contributed by atoms with Gasteiger partial charge in [0.25, 0.3) is 0 Å². The Balaban J connectivity index is 2.81. The van der Waals surface area contributed by atoms with E-state index >= 15 is 0 Å². The predicted octanol–water partition coefficient (Wildman–Crippen LogP) is 1.89. The largest absolute Gasteiger partial charge is 0.252 e. The SMILES string of the molecule is Cc1nc2cccc([NH2+]O)c2cc1Br. The van der Waals surface area contributed by atoms with E-state index in [9.17, 15) is 0 Å². The lowest BCUT2D eigenvalue weighted by atomic mass is 10.2. The third kappa shape index (κ3) is 1.52. The molecule has 0 unspecified atom stereocenters. The zero-order valence-corrected chi connectivity index (χ0v) is 9.25. The van der Waals surface area contributed by atoms with Crippen LogP contribution < -0.4 is 5.48 Å². The first-order valence-corrected chi connectivity index (χ1v) is 5.05. The van der Waals surface area contributed by atoms with Crippen LogP contribution in [-0.2, 0) is 0 Å². The average molecular weight is 254 g/mol. The van der Waals surface area contributed by atoms with Crippen molar-refractivity contribution in [1.29, 1.82) is 0 Å². The second-order valence-electron chi connectivity index (χ2n) is 3.10. The summed E-state index contributed by atoms with van der Waals surface area (Å²) in [6.07, 6.45) is 0. The minimum atomic E-state index is 0.788. The van der Waals surface area contributed by atoms with E-state index in [0.29, 0.717) is 0 Å². The number of hydrogen-bond donors (Lipinski definition) is 2. The lowest BCUT2D eigenvalue weighted by Gasteiger charge is -2.03. The van der Waals surface area contributed by atoms with Crippen molar-refractivity contribution in [3.63, 3.8) is 0 Å². The van der Waals surface area contributed by atoms with Crippen LogP contribution in [0.3, 0.4) is 0 Å². The molecule has 1 aromatic carbocycles. The van der Waals surface area contributed by atoms with Gasteiger partial charge in [0, 0.05) is 10.5 Å². The van der Waals surface area contributed by atoms with Crippen LogP contribution in [0.25, 0.3) is 10.9 Å². The molecule has 0 aliphatic rings. The number of fused-ring (bicyclic) bond motifs is 1.